The number of hydrogen-bond donors (Lipinski definition) is 2. The minimum atomic E-state index is -0.973. The molecule has 1 aromatic heterocycles. The predicted octanol–water partition coefficient (Wildman–Crippen LogP) is 2.76. The first-order valence-corrected chi connectivity index (χ1v) is 7.62. The molecule has 0 fully saturated rings. The number of thiazole rings is 1. The van der Waals surface area contributed by atoms with Crippen molar-refractivity contribution in [3.05, 3.63) is 11.2 Å². The van der Waals surface area contributed by atoms with Gasteiger partial charge in [-0.05, 0) is 39.4 Å². The molecule has 1 unspecified atom stereocenters. The molecule has 0 aliphatic carbocycles. The Morgan fingerprint density at radius 1 is 1.53 bits per heavy atom. The van der Waals surface area contributed by atoms with E-state index in [4.69, 9.17) is 5.11 Å². The number of anilines is 1. The molecule has 1 heterocycles. The Labute approximate surface area is 118 Å². The molecule has 0 bridgehead atoms. The van der Waals surface area contributed by atoms with Gasteiger partial charge in [-0.15, -0.1) is 11.3 Å². The summed E-state index contributed by atoms with van der Waals surface area (Å²) in [5.74, 6) is -0.973. The van der Waals surface area contributed by atoms with Gasteiger partial charge >= 0.3 is 5.97 Å². The van der Waals surface area contributed by atoms with Gasteiger partial charge in [-0.3, -0.25) is 0 Å². The van der Waals surface area contributed by atoms with Crippen molar-refractivity contribution in [2.45, 2.75) is 39.7 Å². The van der Waals surface area contributed by atoms with Crippen LogP contribution in [-0.2, 0) is 0 Å². The fourth-order valence-corrected chi connectivity index (χ4v) is 2.74. The number of aromatic carboxylic acids is 1. The molecule has 6 heteroatoms. The second-order valence-electron chi connectivity index (χ2n) is 4.55. The molecular weight excluding hydrogens is 262 g/mol. The third kappa shape index (κ3) is 5.16. The van der Waals surface area contributed by atoms with Gasteiger partial charge in [0, 0.05) is 6.04 Å². The second kappa shape index (κ2) is 8.12. The van der Waals surface area contributed by atoms with Gasteiger partial charge in [-0.25, -0.2) is 9.78 Å². The largest absolute Gasteiger partial charge is 0.476 e. The van der Waals surface area contributed by atoms with E-state index in [1.807, 2.05) is 0 Å². The van der Waals surface area contributed by atoms with Crippen molar-refractivity contribution in [3.63, 3.8) is 0 Å². The molecule has 0 saturated carbocycles. The fourth-order valence-electron chi connectivity index (χ4n) is 1.96. The molecule has 0 aromatic carbocycles. The van der Waals surface area contributed by atoms with Crippen LogP contribution in [0.3, 0.4) is 0 Å². The van der Waals surface area contributed by atoms with Crippen LogP contribution in [0.2, 0.25) is 0 Å². The van der Waals surface area contributed by atoms with Crippen LogP contribution in [0.5, 0.6) is 0 Å². The molecule has 1 aromatic rings. The normalized spacial score (nSPS) is 12.6. The van der Waals surface area contributed by atoms with Crippen LogP contribution in [-0.4, -0.2) is 46.6 Å². The molecule has 0 amide bonds. The number of aromatic nitrogens is 1. The van der Waals surface area contributed by atoms with Crippen molar-refractivity contribution in [1.29, 1.82) is 0 Å². The van der Waals surface area contributed by atoms with Crippen LogP contribution in [0, 0.1) is 0 Å². The van der Waals surface area contributed by atoms with Gasteiger partial charge in [0.2, 0.25) is 0 Å². The molecule has 1 atom stereocenters. The first-order chi connectivity index (χ1) is 9.08. The highest BCUT2D eigenvalue weighted by molar-refractivity contribution is 7.14. The average molecular weight is 285 g/mol. The van der Waals surface area contributed by atoms with E-state index in [0.717, 1.165) is 32.5 Å². The van der Waals surface area contributed by atoms with Crippen molar-refractivity contribution >= 4 is 22.3 Å². The van der Waals surface area contributed by atoms with E-state index >= 15 is 0 Å². The van der Waals surface area contributed by atoms with Gasteiger partial charge in [0.25, 0.3) is 0 Å². The van der Waals surface area contributed by atoms with Crippen LogP contribution in [0.25, 0.3) is 0 Å². The third-order valence-electron chi connectivity index (χ3n) is 3.15. The van der Waals surface area contributed by atoms with E-state index in [2.05, 4.69) is 36.0 Å². The lowest BCUT2D eigenvalue weighted by molar-refractivity contribution is 0.0692. The van der Waals surface area contributed by atoms with Crippen LogP contribution < -0.4 is 5.32 Å². The Hall–Kier alpha value is -1.14. The quantitative estimate of drug-likeness (QED) is 0.730. The summed E-state index contributed by atoms with van der Waals surface area (Å²) >= 11 is 1.34. The predicted molar refractivity (Wildman–Crippen MR) is 79.2 cm³/mol. The molecule has 1 rings (SSSR count). The highest BCUT2D eigenvalue weighted by Crippen LogP contribution is 2.21. The van der Waals surface area contributed by atoms with E-state index in [9.17, 15) is 4.79 Å². The van der Waals surface area contributed by atoms with Gasteiger partial charge in [0.1, 0.15) is 5.00 Å². The summed E-state index contributed by atoms with van der Waals surface area (Å²) in [6.45, 7) is 9.66. The van der Waals surface area contributed by atoms with E-state index in [0.29, 0.717) is 5.00 Å². The molecule has 108 valence electrons. The molecule has 0 aliphatic rings. The third-order valence-corrected chi connectivity index (χ3v) is 3.91. The standard InChI is InChI=1S/C13H23N3O2S/c1-4-16(5-2)8-6-7-10(3)15-12-11(13(17)18)14-9-19-12/h9-10,15H,4-8H2,1-3H3,(H,17,18). The van der Waals surface area contributed by atoms with Crippen molar-refractivity contribution in [1.82, 2.24) is 9.88 Å². The Morgan fingerprint density at radius 3 is 2.79 bits per heavy atom. The zero-order valence-electron chi connectivity index (χ0n) is 11.8. The summed E-state index contributed by atoms with van der Waals surface area (Å²) in [7, 11) is 0. The van der Waals surface area contributed by atoms with E-state index in [1.54, 1.807) is 5.51 Å². The monoisotopic (exact) mass is 285 g/mol. The maximum atomic E-state index is 10.9. The number of hydrogen-bond acceptors (Lipinski definition) is 5. The first-order valence-electron chi connectivity index (χ1n) is 6.74. The van der Waals surface area contributed by atoms with Crippen molar-refractivity contribution in [2.75, 3.05) is 25.0 Å². The van der Waals surface area contributed by atoms with E-state index in [-0.39, 0.29) is 11.7 Å². The Kier molecular flexibility index (Phi) is 6.80. The van der Waals surface area contributed by atoms with Gasteiger partial charge in [-0.1, -0.05) is 13.8 Å². The maximum Gasteiger partial charge on any atom is 0.357 e. The number of rotatable bonds is 9. The Morgan fingerprint density at radius 2 is 2.21 bits per heavy atom. The fraction of sp³-hybridized carbons (Fsp3) is 0.692. The summed E-state index contributed by atoms with van der Waals surface area (Å²) in [6, 6.07) is 0.258. The summed E-state index contributed by atoms with van der Waals surface area (Å²) in [6.07, 6.45) is 2.13. The highest BCUT2D eigenvalue weighted by Gasteiger charge is 2.15. The van der Waals surface area contributed by atoms with Crippen LogP contribution in [0.15, 0.2) is 5.51 Å². The Balaban J connectivity index is 2.36. The molecule has 5 nitrogen and oxygen atoms in total. The first kappa shape index (κ1) is 15.9. The van der Waals surface area contributed by atoms with Gasteiger partial charge < -0.3 is 15.3 Å². The lowest BCUT2D eigenvalue weighted by Gasteiger charge is -2.19. The van der Waals surface area contributed by atoms with Crippen LogP contribution in [0.4, 0.5) is 5.00 Å². The molecular formula is C13H23N3O2S. The molecule has 0 spiro atoms. The average Bonchev–Trinajstić information content (AvgIpc) is 2.83. The lowest BCUT2D eigenvalue weighted by Crippen LogP contribution is -2.25. The number of carboxylic acids is 1. The summed E-state index contributed by atoms with van der Waals surface area (Å²) in [5, 5.41) is 12.9. The molecule has 0 aliphatic heterocycles. The zero-order chi connectivity index (χ0) is 14.3. The summed E-state index contributed by atoms with van der Waals surface area (Å²) in [4.78, 5) is 17.2. The van der Waals surface area contributed by atoms with Crippen LogP contribution in [0.1, 0.15) is 44.1 Å². The lowest BCUT2D eigenvalue weighted by atomic mass is 10.1. The van der Waals surface area contributed by atoms with Gasteiger partial charge in [0.05, 0.1) is 5.51 Å². The molecule has 0 radical (unpaired) electrons. The minimum Gasteiger partial charge on any atom is -0.476 e. The second-order valence-corrected chi connectivity index (χ2v) is 5.40. The summed E-state index contributed by atoms with van der Waals surface area (Å²) in [5.41, 5.74) is 1.69. The Bertz CT molecular complexity index is 391. The van der Waals surface area contributed by atoms with Crippen molar-refractivity contribution < 1.29 is 9.90 Å². The zero-order valence-corrected chi connectivity index (χ0v) is 12.7. The number of carboxylic acid groups (broad SMARTS) is 1. The van der Waals surface area contributed by atoms with Gasteiger partial charge in [-0.2, -0.15) is 0 Å². The molecule has 0 saturated heterocycles. The topological polar surface area (TPSA) is 65.5 Å². The van der Waals surface area contributed by atoms with Gasteiger partial charge in [0.15, 0.2) is 5.69 Å². The molecule has 2 N–H and O–H groups in total. The maximum absolute atomic E-state index is 10.9. The highest BCUT2D eigenvalue weighted by atomic mass is 32.1. The number of carbonyl (C=O) groups is 1. The van der Waals surface area contributed by atoms with Crippen molar-refractivity contribution in [2.24, 2.45) is 0 Å². The number of nitrogens with one attached hydrogen (secondary N) is 1. The van der Waals surface area contributed by atoms with Crippen molar-refractivity contribution in [3.8, 4) is 0 Å². The van der Waals surface area contributed by atoms with Crippen LogP contribution >= 0.6 is 11.3 Å². The van der Waals surface area contributed by atoms with E-state index < -0.39 is 5.97 Å². The smallest absolute Gasteiger partial charge is 0.357 e. The SMILES string of the molecule is CCN(CC)CCCC(C)Nc1scnc1C(=O)O. The van der Waals surface area contributed by atoms with E-state index in [1.165, 1.54) is 11.3 Å². The minimum absolute atomic E-state index is 0.126. The molecule has 19 heavy (non-hydrogen) atoms. The number of nitrogens with zero attached hydrogens (tertiary/aromatic N) is 2. The summed E-state index contributed by atoms with van der Waals surface area (Å²) < 4.78 is 0.